The number of hydrogen-bond donors (Lipinski definition) is 1. The molecule has 3 heterocycles. The summed E-state index contributed by atoms with van der Waals surface area (Å²) in [5.41, 5.74) is 1.82. The standard InChI is InChI=1S/C16H11ClN4O2S/c17-16-19-9-12(24-16)8-18-11-5-3-10(4-6-11)14-20-21-15(23-14)13-2-1-7-22-13/h1-7,9,18H,8H2. The molecule has 0 aliphatic heterocycles. The van der Waals surface area contributed by atoms with Gasteiger partial charge in [-0.25, -0.2) is 4.98 Å². The second kappa shape index (κ2) is 6.46. The number of benzene rings is 1. The van der Waals surface area contributed by atoms with Crippen molar-refractivity contribution in [3.8, 4) is 23.1 Å². The lowest BCUT2D eigenvalue weighted by Gasteiger charge is -2.04. The molecule has 8 heteroatoms. The van der Waals surface area contributed by atoms with Crippen molar-refractivity contribution in [1.82, 2.24) is 15.2 Å². The third kappa shape index (κ3) is 3.17. The molecule has 0 atom stereocenters. The van der Waals surface area contributed by atoms with Crippen LogP contribution in [0.15, 0.2) is 57.7 Å². The molecule has 0 unspecified atom stereocenters. The molecule has 0 radical (unpaired) electrons. The molecule has 1 aromatic carbocycles. The van der Waals surface area contributed by atoms with E-state index >= 15 is 0 Å². The molecule has 120 valence electrons. The third-order valence-electron chi connectivity index (χ3n) is 3.28. The summed E-state index contributed by atoms with van der Waals surface area (Å²) in [6.45, 7) is 0.674. The predicted molar refractivity (Wildman–Crippen MR) is 91.9 cm³/mol. The molecule has 1 N–H and O–H groups in total. The van der Waals surface area contributed by atoms with E-state index in [0.717, 1.165) is 16.1 Å². The highest BCUT2D eigenvalue weighted by Gasteiger charge is 2.12. The van der Waals surface area contributed by atoms with Gasteiger partial charge in [-0.3, -0.25) is 0 Å². The Labute approximate surface area is 146 Å². The van der Waals surface area contributed by atoms with Crippen LogP contribution in [0.1, 0.15) is 4.88 Å². The van der Waals surface area contributed by atoms with Crippen LogP contribution in [0.4, 0.5) is 5.69 Å². The van der Waals surface area contributed by atoms with Crippen LogP contribution < -0.4 is 5.32 Å². The maximum atomic E-state index is 5.82. The quantitative estimate of drug-likeness (QED) is 0.556. The van der Waals surface area contributed by atoms with E-state index in [-0.39, 0.29) is 0 Å². The van der Waals surface area contributed by atoms with Crippen molar-refractivity contribution >= 4 is 28.6 Å². The smallest absolute Gasteiger partial charge is 0.283 e. The van der Waals surface area contributed by atoms with Crippen LogP contribution in [0.2, 0.25) is 4.47 Å². The van der Waals surface area contributed by atoms with Gasteiger partial charge < -0.3 is 14.2 Å². The van der Waals surface area contributed by atoms with Gasteiger partial charge in [0.15, 0.2) is 10.2 Å². The molecular formula is C16H11ClN4O2S. The van der Waals surface area contributed by atoms with Crippen molar-refractivity contribution in [2.24, 2.45) is 0 Å². The van der Waals surface area contributed by atoms with Crippen LogP contribution in [-0.2, 0) is 6.54 Å². The Morgan fingerprint density at radius 1 is 1.08 bits per heavy atom. The first-order chi connectivity index (χ1) is 11.8. The Balaban J connectivity index is 1.45. The number of nitrogens with one attached hydrogen (secondary N) is 1. The molecule has 6 nitrogen and oxygen atoms in total. The van der Waals surface area contributed by atoms with Crippen LogP contribution in [-0.4, -0.2) is 15.2 Å². The number of rotatable bonds is 5. The Morgan fingerprint density at radius 3 is 2.62 bits per heavy atom. The van der Waals surface area contributed by atoms with Crippen LogP contribution in [0, 0.1) is 0 Å². The van der Waals surface area contributed by atoms with Crippen LogP contribution in [0.5, 0.6) is 0 Å². The second-order valence-electron chi connectivity index (χ2n) is 4.90. The fourth-order valence-electron chi connectivity index (χ4n) is 2.12. The normalized spacial score (nSPS) is 10.9. The molecule has 24 heavy (non-hydrogen) atoms. The number of hydrogen-bond acceptors (Lipinski definition) is 7. The molecule has 3 aromatic heterocycles. The first-order valence-electron chi connectivity index (χ1n) is 7.10. The molecule has 0 saturated carbocycles. The number of halogens is 1. The zero-order valence-corrected chi connectivity index (χ0v) is 13.8. The minimum atomic E-state index is 0.360. The van der Waals surface area contributed by atoms with Crippen LogP contribution in [0.3, 0.4) is 0 Å². The van der Waals surface area contributed by atoms with E-state index in [1.165, 1.54) is 11.3 Å². The number of thiazole rings is 1. The highest BCUT2D eigenvalue weighted by atomic mass is 35.5. The summed E-state index contributed by atoms with van der Waals surface area (Å²) in [5, 5.41) is 11.4. The molecule has 0 saturated heterocycles. The lowest BCUT2D eigenvalue weighted by atomic mass is 10.2. The zero-order chi connectivity index (χ0) is 16.4. The van der Waals surface area contributed by atoms with E-state index in [4.69, 9.17) is 20.4 Å². The minimum absolute atomic E-state index is 0.360. The van der Waals surface area contributed by atoms with Crippen LogP contribution >= 0.6 is 22.9 Å². The highest BCUT2D eigenvalue weighted by Crippen LogP contribution is 2.25. The zero-order valence-electron chi connectivity index (χ0n) is 12.3. The fourth-order valence-corrected chi connectivity index (χ4v) is 3.04. The van der Waals surface area contributed by atoms with Gasteiger partial charge in [0.1, 0.15) is 0 Å². The lowest BCUT2D eigenvalue weighted by molar-refractivity contribution is 0.523. The van der Waals surface area contributed by atoms with Gasteiger partial charge in [-0.15, -0.1) is 21.5 Å². The SMILES string of the molecule is Clc1ncc(CNc2ccc(-c3nnc(-c4ccco4)o3)cc2)s1. The number of aromatic nitrogens is 3. The summed E-state index contributed by atoms with van der Waals surface area (Å²) in [5.74, 6) is 1.36. The molecule has 0 aliphatic rings. The van der Waals surface area contributed by atoms with Crippen molar-refractivity contribution < 1.29 is 8.83 Å². The average molecular weight is 359 g/mol. The van der Waals surface area contributed by atoms with Gasteiger partial charge in [0.2, 0.25) is 5.89 Å². The Morgan fingerprint density at radius 2 is 1.92 bits per heavy atom. The number of anilines is 1. The molecule has 0 spiro atoms. The van der Waals surface area contributed by atoms with Gasteiger partial charge in [-0.1, -0.05) is 11.6 Å². The minimum Gasteiger partial charge on any atom is -0.459 e. The van der Waals surface area contributed by atoms with Gasteiger partial charge in [-0.05, 0) is 36.4 Å². The number of nitrogens with zero attached hydrogens (tertiary/aromatic N) is 3. The summed E-state index contributed by atoms with van der Waals surface area (Å²) < 4.78 is 11.4. The lowest BCUT2D eigenvalue weighted by Crippen LogP contribution is -1.96. The van der Waals surface area contributed by atoms with Gasteiger partial charge in [0.25, 0.3) is 5.89 Å². The summed E-state index contributed by atoms with van der Waals surface area (Å²) in [7, 11) is 0. The molecule has 4 aromatic rings. The third-order valence-corrected chi connectivity index (χ3v) is 4.40. The van der Waals surface area contributed by atoms with E-state index in [0.29, 0.717) is 28.6 Å². The molecule has 0 bridgehead atoms. The van der Waals surface area contributed by atoms with Gasteiger partial charge in [-0.2, -0.15) is 0 Å². The van der Waals surface area contributed by atoms with Gasteiger partial charge >= 0.3 is 0 Å². The van der Waals surface area contributed by atoms with E-state index in [1.807, 2.05) is 24.3 Å². The largest absolute Gasteiger partial charge is 0.459 e. The monoisotopic (exact) mass is 358 g/mol. The van der Waals surface area contributed by atoms with Crippen molar-refractivity contribution in [1.29, 1.82) is 0 Å². The van der Waals surface area contributed by atoms with Crippen molar-refractivity contribution in [3.05, 3.63) is 58.2 Å². The first kappa shape index (κ1) is 14.9. The topological polar surface area (TPSA) is 77.0 Å². The van der Waals surface area contributed by atoms with Crippen molar-refractivity contribution in [3.63, 3.8) is 0 Å². The van der Waals surface area contributed by atoms with Crippen molar-refractivity contribution in [2.45, 2.75) is 6.54 Å². The number of furan rings is 1. The molecule has 0 aliphatic carbocycles. The van der Waals surface area contributed by atoms with E-state index in [1.54, 1.807) is 24.6 Å². The molecule has 0 amide bonds. The Hall–Kier alpha value is -2.64. The molecule has 0 fully saturated rings. The van der Waals surface area contributed by atoms with Gasteiger partial charge in [0, 0.05) is 22.3 Å². The van der Waals surface area contributed by atoms with Gasteiger partial charge in [0.05, 0.1) is 12.8 Å². The first-order valence-corrected chi connectivity index (χ1v) is 8.29. The summed E-state index contributed by atoms with van der Waals surface area (Å²) in [6, 6.07) is 11.3. The van der Waals surface area contributed by atoms with Crippen LogP contribution in [0.25, 0.3) is 23.1 Å². The van der Waals surface area contributed by atoms with E-state index in [9.17, 15) is 0 Å². The molecular weight excluding hydrogens is 348 g/mol. The summed E-state index contributed by atoms with van der Waals surface area (Å²) in [6.07, 6.45) is 3.33. The Bertz CT molecular complexity index is 931. The molecule has 4 rings (SSSR count). The highest BCUT2D eigenvalue weighted by molar-refractivity contribution is 7.15. The maximum absolute atomic E-state index is 5.82. The van der Waals surface area contributed by atoms with E-state index < -0.39 is 0 Å². The fraction of sp³-hybridized carbons (Fsp3) is 0.0625. The average Bonchev–Trinajstić information content (AvgIpc) is 3.34. The Kier molecular flexibility index (Phi) is 4.02. The summed E-state index contributed by atoms with van der Waals surface area (Å²) >= 11 is 7.28. The second-order valence-corrected chi connectivity index (χ2v) is 6.60. The maximum Gasteiger partial charge on any atom is 0.283 e. The van der Waals surface area contributed by atoms with Crippen molar-refractivity contribution in [2.75, 3.05) is 5.32 Å². The summed E-state index contributed by atoms with van der Waals surface area (Å²) in [4.78, 5) is 5.09. The van der Waals surface area contributed by atoms with E-state index in [2.05, 4.69) is 20.5 Å². The predicted octanol–water partition coefficient (Wildman–Crippen LogP) is 4.72.